The lowest BCUT2D eigenvalue weighted by Gasteiger charge is -2.17. The topological polar surface area (TPSA) is 41.6 Å². The minimum Gasteiger partial charge on any atom is -0.406 e. The van der Waals surface area contributed by atoms with E-state index in [-0.39, 0.29) is 11.8 Å². The van der Waals surface area contributed by atoms with Crippen LogP contribution < -0.4 is 10.1 Å². The number of halogens is 3. The molecule has 0 spiro atoms. The quantitative estimate of drug-likeness (QED) is 0.910. The number of alkyl halides is 3. The van der Waals surface area contributed by atoms with E-state index >= 15 is 0 Å². The lowest BCUT2D eigenvalue weighted by molar-refractivity contribution is -0.274. The van der Waals surface area contributed by atoms with E-state index in [1.165, 1.54) is 24.3 Å². The number of rotatable bonds is 4. The van der Waals surface area contributed by atoms with Crippen LogP contribution in [0.15, 0.2) is 24.3 Å². The molecule has 0 saturated carbocycles. The van der Waals surface area contributed by atoms with E-state index in [2.05, 4.69) is 10.1 Å². The van der Waals surface area contributed by atoms with Crippen molar-refractivity contribution in [2.24, 2.45) is 5.92 Å². The number of nitrogens with zero attached hydrogens (tertiary/aromatic N) is 1. The van der Waals surface area contributed by atoms with E-state index in [9.17, 15) is 18.0 Å². The summed E-state index contributed by atoms with van der Waals surface area (Å²) in [6, 6.07) is 4.88. The molecular formula is C14H17F3N2O2S. The second kappa shape index (κ2) is 7.13. The summed E-state index contributed by atoms with van der Waals surface area (Å²) in [7, 11) is 0. The third-order valence-electron chi connectivity index (χ3n) is 3.31. The molecule has 0 aromatic heterocycles. The van der Waals surface area contributed by atoms with Crippen LogP contribution in [0.4, 0.5) is 23.7 Å². The minimum atomic E-state index is -4.72. The summed E-state index contributed by atoms with van der Waals surface area (Å²) in [6.07, 6.45) is -1.70. The van der Waals surface area contributed by atoms with Gasteiger partial charge in [0.15, 0.2) is 0 Å². The zero-order valence-electron chi connectivity index (χ0n) is 12.0. The molecule has 1 saturated heterocycles. The molecule has 8 heteroatoms. The fourth-order valence-electron chi connectivity index (χ4n) is 2.33. The van der Waals surface area contributed by atoms with Crippen LogP contribution in [0.3, 0.4) is 0 Å². The van der Waals surface area contributed by atoms with Crippen molar-refractivity contribution in [2.75, 3.05) is 30.4 Å². The normalized spacial score (nSPS) is 18.4. The summed E-state index contributed by atoms with van der Waals surface area (Å²) < 4.78 is 39.9. The first-order valence-electron chi connectivity index (χ1n) is 6.78. The molecule has 0 radical (unpaired) electrons. The molecule has 1 atom stereocenters. The van der Waals surface area contributed by atoms with Crippen LogP contribution in [0.5, 0.6) is 5.75 Å². The van der Waals surface area contributed by atoms with Gasteiger partial charge in [0.25, 0.3) is 0 Å². The van der Waals surface area contributed by atoms with E-state index < -0.39 is 6.36 Å². The Morgan fingerprint density at radius 1 is 1.41 bits per heavy atom. The number of benzene rings is 1. The fourth-order valence-corrected chi connectivity index (χ4v) is 3.07. The maximum absolute atomic E-state index is 12.1. The molecule has 22 heavy (non-hydrogen) atoms. The number of nitrogens with one attached hydrogen (secondary N) is 1. The van der Waals surface area contributed by atoms with Crippen LogP contribution in [0.1, 0.15) is 6.42 Å². The van der Waals surface area contributed by atoms with Gasteiger partial charge in [-0.15, -0.1) is 13.2 Å². The van der Waals surface area contributed by atoms with Crippen molar-refractivity contribution < 1.29 is 22.7 Å². The highest BCUT2D eigenvalue weighted by atomic mass is 32.2. The number of urea groups is 1. The third kappa shape index (κ3) is 5.01. The number of thioether (sulfide) groups is 1. The number of amides is 2. The molecule has 1 fully saturated rings. The molecule has 1 heterocycles. The number of hydrogen-bond donors (Lipinski definition) is 1. The van der Waals surface area contributed by atoms with Crippen molar-refractivity contribution in [3.05, 3.63) is 24.3 Å². The molecule has 1 aliphatic heterocycles. The van der Waals surface area contributed by atoms with Crippen molar-refractivity contribution in [1.82, 2.24) is 4.90 Å². The molecule has 1 aliphatic rings. The van der Waals surface area contributed by atoms with Crippen LogP contribution in [0.2, 0.25) is 0 Å². The van der Waals surface area contributed by atoms with Gasteiger partial charge in [-0.3, -0.25) is 0 Å². The van der Waals surface area contributed by atoms with Crippen LogP contribution in [0.25, 0.3) is 0 Å². The average Bonchev–Trinajstić information content (AvgIpc) is 2.88. The van der Waals surface area contributed by atoms with Gasteiger partial charge in [0.05, 0.1) is 0 Å². The average molecular weight is 334 g/mol. The highest BCUT2D eigenvalue weighted by Gasteiger charge is 2.31. The van der Waals surface area contributed by atoms with Crippen LogP contribution in [0, 0.1) is 5.92 Å². The highest BCUT2D eigenvalue weighted by Crippen LogP contribution is 2.25. The largest absolute Gasteiger partial charge is 0.573 e. The summed E-state index contributed by atoms with van der Waals surface area (Å²) in [5.41, 5.74) is 0.438. The van der Waals surface area contributed by atoms with Gasteiger partial charge < -0.3 is 15.0 Å². The predicted octanol–water partition coefficient (Wildman–Crippen LogP) is 3.80. The first-order chi connectivity index (χ1) is 10.4. The molecule has 1 N–H and O–H groups in total. The Morgan fingerprint density at radius 3 is 2.68 bits per heavy atom. The van der Waals surface area contributed by atoms with Gasteiger partial charge in [-0.1, -0.05) is 0 Å². The van der Waals surface area contributed by atoms with Gasteiger partial charge >= 0.3 is 12.4 Å². The second-order valence-corrected chi connectivity index (χ2v) is 5.97. The van der Waals surface area contributed by atoms with Crippen molar-refractivity contribution in [3.63, 3.8) is 0 Å². The van der Waals surface area contributed by atoms with Gasteiger partial charge in [0, 0.05) is 18.8 Å². The summed E-state index contributed by atoms with van der Waals surface area (Å²) in [6.45, 7) is 1.41. The first-order valence-corrected chi connectivity index (χ1v) is 8.17. The van der Waals surface area contributed by atoms with Crippen molar-refractivity contribution in [3.8, 4) is 5.75 Å². The van der Waals surface area contributed by atoms with E-state index in [0.717, 1.165) is 12.2 Å². The van der Waals surface area contributed by atoms with E-state index in [1.54, 1.807) is 16.7 Å². The Morgan fingerprint density at radius 2 is 2.09 bits per heavy atom. The van der Waals surface area contributed by atoms with Gasteiger partial charge in [-0.25, -0.2) is 4.79 Å². The Bertz CT molecular complexity index is 508. The number of anilines is 1. The third-order valence-corrected chi connectivity index (χ3v) is 4.12. The molecule has 4 nitrogen and oxygen atoms in total. The Kier molecular flexibility index (Phi) is 5.44. The maximum Gasteiger partial charge on any atom is 0.573 e. The summed E-state index contributed by atoms with van der Waals surface area (Å²) in [5, 5.41) is 2.68. The number of carbonyl (C=O) groups is 1. The molecule has 0 unspecified atom stereocenters. The van der Waals surface area contributed by atoms with Crippen molar-refractivity contribution in [2.45, 2.75) is 12.8 Å². The second-order valence-electron chi connectivity index (χ2n) is 5.06. The first kappa shape index (κ1) is 16.8. The van der Waals surface area contributed by atoms with Crippen LogP contribution in [-0.2, 0) is 0 Å². The van der Waals surface area contributed by atoms with Crippen molar-refractivity contribution in [1.29, 1.82) is 0 Å². The Balaban J connectivity index is 1.87. The Hall–Kier alpha value is -1.57. The van der Waals surface area contributed by atoms with Gasteiger partial charge in [-0.05, 0) is 48.6 Å². The summed E-state index contributed by atoms with van der Waals surface area (Å²) in [5.74, 6) is 1.21. The predicted molar refractivity (Wildman–Crippen MR) is 80.2 cm³/mol. The fraction of sp³-hybridized carbons (Fsp3) is 0.500. The zero-order chi connectivity index (χ0) is 16.2. The molecule has 2 amide bonds. The maximum atomic E-state index is 12.1. The number of hydrogen-bond acceptors (Lipinski definition) is 3. The number of likely N-dealkylation sites (tertiary alicyclic amines) is 1. The lowest BCUT2D eigenvalue weighted by atomic mass is 10.2. The van der Waals surface area contributed by atoms with Crippen LogP contribution >= 0.6 is 11.8 Å². The minimum absolute atomic E-state index is 0.229. The number of carbonyl (C=O) groups excluding carboxylic acids is 1. The van der Waals surface area contributed by atoms with Crippen molar-refractivity contribution >= 4 is 23.5 Å². The van der Waals surface area contributed by atoms with E-state index in [4.69, 9.17) is 0 Å². The van der Waals surface area contributed by atoms with Crippen LogP contribution in [-0.4, -0.2) is 42.4 Å². The van der Waals surface area contributed by atoms with Gasteiger partial charge in [0.1, 0.15) is 5.75 Å². The highest BCUT2D eigenvalue weighted by molar-refractivity contribution is 7.98. The molecule has 0 aliphatic carbocycles. The van der Waals surface area contributed by atoms with E-state index in [0.29, 0.717) is 24.7 Å². The summed E-state index contributed by atoms with van der Waals surface area (Å²) in [4.78, 5) is 13.8. The monoisotopic (exact) mass is 334 g/mol. The SMILES string of the molecule is CSC[C@H]1CCN(C(=O)Nc2ccc(OC(F)(F)F)cc2)C1. The van der Waals surface area contributed by atoms with Gasteiger partial charge in [0.2, 0.25) is 0 Å². The lowest BCUT2D eigenvalue weighted by Crippen LogP contribution is -2.33. The Labute approximate surface area is 131 Å². The van der Waals surface area contributed by atoms with E-state index in [1.807, 2.05) is 6.26 Å². The van der Waals surface area contributed by atoms with Gasteiger partial charge in [-0.2, -0.15) is 11.8 Å². The molecule has 1 aromatic carbocycles. The zero-order valence-corrected chi connectivity index (χ0v) is 12.8. The molecule has 2 rings (SSSR count). The number of ether oxygens (including phenoxy) is 1. The standard InChI is InChI=1S/C14H17F3N2O2S/c1-22-9-10-6-7-19(8-10)13(20)18-11-2-4-12(5-3-11)21-14(15,16)17/h2-5,10H,6-9H2,1H3,(H,18,20)/t10-/m0/s1. The molecule has 122 valence electrons. The molecule has 1 aromatic rings. The molecule has 0 bridgehead atoms. The summed E-state index contributed by atoms with van der Waals surface area (Å²) >= 11 is 1.76. The molecular weight excluding hydrogens is 317 g/mol. The smallest absolute Gasteiger partial charge is 0.406 e.